The van der Waals surface area contributed by atoms with Crippen LogP contribution in [0.15, 0.2) is 77.7 Å². The molecule has 2 N–H and O–H groups in total. The number of hydrogen-bond donors (Lipinski definition) is 2. The smallest absolute Gasteiger partial charge is 0.262 e. The van der Waals surface area contributed by atoms with E-state index in [2.05, 4.69) is 10.6 Å². The molecular weight excluding hydrogens is 449 g/mol. The number of aryl methyl sites for hydroxylation is 1. The number of carbonyl (C=O) groups is 2. The zero-order valence-electron chi connectivity index (χ0n) is 19.3. The minimum Gasteiger partial charge on any atom is -0.497 e. The Labute approximate surface area is 201 Å². The summed E-state index contributed by atoms with van der Waals surface area (Å²) in [6.07, 6.45) is 1.48. The highest BCUT2D eigenvalue weighted by atomic mass is 19.1. The molecule has 178 valence electrons. The molecule has 0 saturated heterocycles. The largest absolute Gasteiger partial charge is 0.497 e. The first-order chi connectivity index (χ1) is 16.9. The third-order valence-electron chi connectivity index (χ3n) is 5.59. The molecule has 0 atom stereocenters. The van der Waals surface area contributed by atoms with Gasteiger partial charge in [0.05, 0.1) is 18.4 Å². The lowest BCUT2D eigenvalue weighted by molar-refractivity contribution is -0.116. The van der Waals surface area contributed by atoms with Gasteiger partial charge in [0, 0.05) is 41.7 Å². The summed E-state index contributed by atoms with van der Waals surface area (Å²) in [6, 6.07) is 18.3. The number of ether oxygens (including phenoxy) is 1. The Balaban J connectivity index is 1.54. The van der Waals surface area contributed by atoms with Crippen LogP contribution < -0.4 is 20.9 Å². The van der Waals surface area contributed by atoms with Gasteiger partial charge < -0.3 is 15.4 Å². The maximum atomic E-state index is 13.7. The van der Waals surface area contributed by atoms with Crippen molar-refractivity contribution in [1.29, 1.82) is 0 Å². The number of carbonyl (C=O) groups excluding carboxylic acids is 2. The minimum absolute atomic E-state index is 0.00527. The average Bonchev–Trinajstić information content (AvgIpc) is 2.86. The zero-order valence-corrected chi connectivity index (χ0v) is 19.3. The summed E-state index contributed by atoms with van der Waals surface area (Å²) in [5, 5.41) is 6.25. The van der Waals surface area contributed by atoms with Crippen LogP contribution in [0, 0.1) is 12.7 Å². The molecule has 0 aliphatic heterocycles. The highest BCUT2D eigenvalue weighted by Crippen LogP contribution is 2.20. The number of nitrogens with one attached hydrogen (secondary N) is 2. The Bertz CT molecular complexity index is 1480. The molecule has 0 aliphatic rings. The zero-order chi connectivity index (χ0) is 24.9. The molecule has 0 fully saturated rings. The Hall–Kier alpha value is -4.46. The van der Waals surface area contributed by atoms with Crippen molar-refractivity contribution in [3.63, 3.8) is 0 Å². The molecule has 0 saturated carbocycles. The number of aromatic nitrogens is 1. The van der Waals surface area contributed by atoms with Gasteiger partial charge in [0.25, 0.3) is 11.5 Å². The number of pyridine rings is 1. The minimum atomic E-state index is -0.424. The van der Waals surface area contributed by atoms with Crippen molar-refractivity contribution < 1.29 is 18.7 Å². The van der Waals surface area contributed by atoms with Crippen LogP contribution in [0.4, 0.5) is 10.1 Å². The average molecular weight is 474 g/mol. The topological polar surface area (TPSA) is 89.4 Å². The molecule has 1 aromatic heterocycles. The van der Waals surface area contributed by atoms with Gasteiger partial charge in [0.1, 0.15) is 11.6 Å². The Kier molecular flexibility index (Phi) is 6.91. The fraction of sp³-hybridized carbons (Fsp3) is 0.148. The van der Waals surface area contributed by atoms with Gasteiger partial charge in [0.2, 0.25) is 5.91 Å². The van der Waals surface area contributed by atoms with Crippen LogP contribution in [0.25, 0.3) is 16.5 Å². The monoisotopic (exact) mass is 473 g/mol. The van der Waals surface area contributed by atoms with Gasteiger partial charge in [-0.2, -0.15) is 0 Å². The first-order valence-electron chi connectivity index (χ1n) is 11.0. The molecule has 35 heavy (non-hydrogen) atoms. The molecule has 4 rings (SSSR count). The maximum absolute atomic E-state index is 13.7. The number of amides is 2. The van der Waals surface area contributed by atoms with E-state index in [9.17, 15) is 18.8 Å². The number of methoxy groups -OCH3 is 1. The van der Waals surface area contributed by atoms with Crippen molar-refractivity contribution in [1.82, 2.24) is 9.88 Å². The first-order valence-corrected chi connectivity index (χ1v) is 11.0. The van der Waals surface area contributed by atoms with Gasteiger partial charge >= 0.3 is 0 Å². The molecular formula is C27H24FN3O4. The summed E-state index contributed by atoms with van der Waals surface area (Å²) in [5.41, 5.74) is 1.41. The predicted molar refractivity (Wildman–Crippen MR) is 133 cm³/mol. The van der Waals surface area contributed by atoms with E-state index in [1.54, 1.807) is 67.6 Å². The number of halogens is 1. The predicted octanol–water partition coefficient (Wildman–Crippen LogP) is 4.21. The van der Waals surface area contributed by atoms with Crippen molar-refractivity contribution in [2.24, 2.45) is 0 Å². The van der Waals surface area contributed by atoms with E-state index in [1.165, 1.54) is 23.9 Å². The van der Waals surface area contributed by atoms with E-state index in [0.29, 0.717) is 39.0 Å². The van der Waals surface area contributed by atoms with Gasteiger partial charge in [-0.1, -0.05) is 30.3 Å². The number of hydrogen-bond acceptors (Lipinski definition) is 4. The summed E-state index contributed by atoms with van der Waals surface area (Å²) < 4.78 is 20.3. The van der Waals surface area contributed by atoms with Crippen molar-refractivity contribution in [3.05, 3.63) is 100 Å². The van der Waals surface area contributed by atoms with E-state index in [1.807, 2.05) is 0 Å². The second kappa shape index (κ2) is 10.2. The van der Waals surface area contributed by atoms with E-state index in [-0.39, 0.29) is 24.4 Å². The summed E-state index contributed by atoms with van der Waals surface area (Å²) in [6.45, 7) is 1.70. The van der Waals surface area contributed by atoms with Crippen LogP contribution in [-0.2, 0) is 4.79 Å². The van der Waals surface area contributed by atoms with E-state index in [0.717, 1.165) is 0 Å². The third kappa shape index (κ3) is 5.22. The lowest BCUT2D eigenvalue weighted by Crippen LogP contribution is -2.29. The second-order valence-corrected chi connectivity index (χ2v) is 7.98. The van der Waals surface area contributed by atoms with Crippen LogP contribution in [0.2, 0.25) is 0 Å². The van der Waals surface area contributed by atoms with Crippen molar-refractivity contribution in [2.75, 3.05) is 19.0 Å². The van der Waals surface area contributed by atoms with Crippen molar-refractivity contribution >= 4 is 28.3 Å². The van der Waals surface area contributed by atoms with Gasteiger partial charge in [-0.25, -0.2) is 4.39 Å². The number of fused-ring (bicyclic) bond motifs is 1. The molecule has 0 radical (unpaired) electrons. The van der Waals surface area contributed by atoms with Gasteiger partial charge in [0.15, 0.2) is 0 Å². The second-order valence-electron chi connectivity index (χ2n) is 7.98. The van der Waals surface area contributed by atoms with Gasteiger partial charge in [-0.3, -0.25) is 19.0 Å². The normalized spacial score (nSPS) is 10.7. The van der Waals surface area contributed by atoms with Crippen LogP contribution in [0.3, 0.4) is 0 Å². The SMILES string of the molecule is COc1cccc(-n2cc(C(=O)NCCC(=O)Nc3ccc(C)c(F)c3)c3ccccc3c2=O)c1. The molecule has 0 spiro atoms. The highest BCUT2D eigenvalue weighted by Gasteiger charge is 2.16. The summed E-state index contributed by atoms with van der Waals surface area (Å²) in [5.74, 6) is -0.617. The highest BCUT2D eigenvalue weighted by molar-refractivity contribution is 6.06. The molecule has 1 heterocycles. The van der Waals surface area contributed by atoms with Crippen LogP contribution in [0.5, 0.6) is 5.75 Å². The molecule has 8 heteroatoms. The Morgan fingerprint density at radius 3 is 2.51 bits per heavy atom. The van der Waals surface area contributed by atoms with Crippen LogP contribution >= 0.6 is 0 Å². The lowest BCUT2D eigenvalue weighted by Gasteiger charge is -2.13. The lowest BCUT2D eigenvalue weighted by atomic mass is 10.1. The maximum Gasteiger partial charge on any atom is 0.262 e. The van der Waals surface area contributed by atoms with E-state index in [4.69, 9.17) is 4.74 Å². The van der Waals surface area contributed by atoms with Crippen molar-refractivity contribution in [3.8, 4) is 11.4 Å². The number of anilines is 1. The number of benzene rings is 3. The number of nitrogens with zero attached hydrogens (tertiary/aromatic N) is 1. The molecule has 4 aromatic rings. The van der Waals surface area contributed by atoms with Gasteiger partial charge in [-0.15, -0.1) is 0 Å². The first kappa shape index (κ1) is 23.7. The standard InChI is InChI=1S/C27H24FN3O4/c1-17-10-11-18(14-24(17)28)30-25(32)12-13-29-26(33)23-16-31(19-6-5-7-20(15-19)35-2)27(34)22-9-4-3-8-21(22)23/h3-11,14-16H,12-13H2,1-2H3,(H,29,33)(H,30,32). The van der Waals surface area contributed by atoms with Crippen molar-refractivity contribution in [2.45, 2.75) is 13.3 Å². The van der Waals surface area contributed by atoms with Crippen LogP contribution in [0.1, 0.15) is 22.3 Å². The number of rotatable bonds is 7. The quantitative estimate of drug-likeness (QED) is 0.421. The van der Waals surface area contributed by atoms with Gasteiger partial charge in [-0.05, 0) is 42.8 Å². The molecule has 0 aliphatic carbocycles. The molecule has 3 aromatic carbocycles. The fourth-order valence-corrected chi connectivity index (χ4v) is 3.70. The fourth-order valence-electron chi connectivity index (χ4n) is 3.70. The Morgan fingerprint density at radius 2 is 1.77 bits per heavy atom. The van der Waals surface area contributed by atoms with E-state index >= 15 is 0 Å². The molecule has 2 amide bonds. The summed E-state index contributed by atoms with van der Waals surface area (Å²) >= 11 is 0. The molecule has 7 nitrogen and oxygen atoms in total. The third-order valence-corrected chi connectivity index (χ3v) is 5.59. The van der Waals surface area contributed by atoms with Crippen LogP contribution in [-0.4, -0.2) is 30.0 Å². The summed E-state index contributed by atoms with van der Waals surface area (Å²) in [4.78, 5) is 38.4. The van der Waals surface area contributed by atoms with E-state index < -0.39 is 11.7 Å². The summed E-state index contributed by atoms with van der Waals surface area (Å²) in [7, 11) is 1.53. The molecule has 0 unspecified atom stereocenters. The molecule has 0 bridgehead atoms. The Morgan fingerprint density at radius 1 is 1.00 bits per heavy atom.